The molecular weight excluding hydrogens is 458 g/mol. The molecule has 0 spiro atoms. The lowest BCUT2D eigenvalue weighted by atomic mass is 9.88. The van der Waals surface area contributed by atoms with Gasteiger partial charge in [0.15, 0.2) is 0 Å². The molecule has 2 aromatic rings. The Morgan fingerprint density at radius 2 is 1.70 bits per heavy atom. The molecule has 0 bridgehead atoms. The Kier molecular flexibility index (Phi) is 6.66. The molecular formula is C24H31N3O4S2. The highest BCUT2D eigenvalue weighted by atomic mass is 32.2. The van der Waals surface area contributed by atoms with Crippen LogP contribution in [0.15, 0.2) is 29.2 Å². The lowest BCUT2D eigenvalue weighted by Gasteiger charge is -2.34. The fraction of sp³-hybridized carbons (Fsp3) is 0.500. The van der Waals surface area contributed by atoms with Gasteiger partial charge in [0, 0.05) is 23.5 Å². The molecule has 7 nitrogen and oxygen atoms in total. The number of nitrogens with one attached hydrogen (secondary N) is 1. The van der Waals surface area contributed by atoms with Crippen LogP contribution in [0.25, 0.3) is 0 Å². The third kappa shape index (κ3) is 4.85. The van der Waals surface area contributed by atoms with Crippen molar-refractivity contribution in [2.24, 2.45) is 23.5 Å². The number of amides is 2. The van der Waals surface area contributed by atoms with E-state index < -0.39 is 21.8 Å². The van der Waals surface area contributed by atoms with Gasteiger partial charge in [-0.3, -0.25) is 9.59 Å². The second kappa shape index (κ2) is 9.19. The lowest BCUT2D eigenvalue weighted by Crippen LogP contribution is -2.42. The number of benzene rings is 1. The molecule has 1 saturated heterocycles. The maximum Gasteiger partial charge on any atom is 0.256 e. The number of hydrogen-bond acceptors (Lipinski definition) is 5. The van der Waals surface area contributed by atoms with E-state index in [4.69, 9.17) is 5.73 Å². The van der Waals surface area contributed by atoms with Gasteiger partial charge in [-0.2, -0.15) is 4.31 Å². The van der Waals surface area contributed by atoms with Crippen molar-refractivity contribution in [3.05, 3.63) is 45.8 Å². The van der Waals surface area contributed by atoms with Gasteiger partial charge >= 0.3 is 0 Å². The van der Waals surface area contributed by atoms with Gasteiger partial charge in [0.1, 0.15) is 5.00 Å². The molecule has 1 aromatic carbocycles. The van der Waals surface area contributed by atoms with E-state index in [0.717, 1.165) is 36.1 Å². The van der Waals surface area contributed by atoms with Gasteiger partial charge in [-0.15, -0.1) is 11.3 Å². The maximum atomic E-state index is 13.1. The summed E-state index contributed by atoms with van der Waals surface area (Å²) in [7, 11) is -3.61. The van der Waals surface area contributed by atoms with E-state index in [1.54, 1.807) is 0 Å². The molecule has 0 radical (unpaired) electrons. The molecule has 1 aliphatic heterocycles. The largest absolute Gasteiger partial charge is 0.365 e. The number of carbonyl (C=O) groups excluding carboxylic acids is 2. The third-order valence-electron chi connectivity index (χ3n) is 6.57. The molecule has 33 heavy (non-hydrogen) atoms. The predicted octanol–water partition coefficient (Wildman–Crippen LogP) is 3.89. The van der Waals surface area contributed by atoms with Gasteiger partial charge in [0.05, 0.1) is 10.5 Å². The molecule has 3 atom stereocenters. The fourth-order valence-electron chi connectivity index (χ4n) is 5.00. The molecule has 4 rings (SSSR count). The Balaban J connectivity index is 1.53. The third-order valence-corrected chi connectivity index (χ3v) is 9.59. The molecule has 0 saturated carbocycles. The minimum atomic E-state index is -3.61. The van der Waals surface area contributed by atoms with Gasteiger partial charge < -0.3 is 11.1 Å². The quantitative estimate of drug-likeness (QED) is 0.664. The molecule has 0 unspecified atom stereocenters. The molecule has 2 heterocycles. The number of piperidine rings is 1. The van der Waals surface area contributed by atoms with Crippen LogP contribution in [-0.4, -0.2) is 37.6 Å². The zero-order valence-electron chi connectivity index (χ0n) is 19.3. The summed E-state index contributed by atoms with van der Waals surface area (Å²) >= 11 is 1.41. The normalized spacial score (nSPS) is 23.7. The number of nitrogens with zero attached hydrogens (tertiary/aromatic N) is 1. The van der Waals surface area contributed by atoms with Crippen molar-refractivity contribution in [3.63, 3.8) is 0 Å². The van der Waals surface area contributed by atoms with Crippen molar-refractivity contribution in [1.82, 2.24) is 4.31 Å². The van der Waals surface area contributed by atoms with E-state index in [1.807, 2.05) is 0 Å². The summed E-state index contributed by atoms with van der Waals surface area (Å²) in [5.74, 6) is 0.221. The second-order valence-corrected chi connectivity index (χ2v) is 12.7. The van der Waals surface area contributed by atoms with Gasteiger partial charge in [-0.25, -0.2) is 8.42 Å². The lowest BCUT2D eigenvalue weighted by molar-refractivity contribution is 0.1000. The minimum Gasteiger partial charge on any atom is -0.365 e. The number of sulfonamides is 1. The highest BCUT2D eigenvalue weighted by Crippen LogP contribution is 2.39. The summed E-state index contributed by atoms with van der Waals surface area (Å²) in [4.78, 5) is 26.3. The predicted molar refractivity (Wildman–Crippen MR) is 130 cm³/mol. The number of primary amides is 1. The smallest absolute Gasteiger partial charge is 0.256 e. The number of nitrogens with two attached hydrogens (primary N) is 1. The van der Waals surface area contributed by atoms with Crippen LogP contribution < -0.4 is 11.1 Å². The van der Waals surface area contributed by atoms with Crippen LogP contribution in [0.2, 0.25) is 0 Å². The average Bonchev–Trinajstić information content (AvgIpc) is 3.10. The van der Waals surface area contributed by atoms with E-state index in [2.05, 4.69) is 26.1 Å². The van der Waals surface area contributed by atoms with Crippen LogP contribution in [-0.2, 0) is 22.9 Å². The van der Waals surface area contributed by atoms with Crippen LogP contribution in [0.1, 0.15) is 64.8 Å². The van der Waals surface area contributed by atoms with Crippen LogP contribution in [0, 0.1) is 17.8 Å². The summed E-state index contributed by atoms with van der Waals surface area (Å²) in [6.45, 7) is 7.31. The second-order valence-electron chi connectivity index (χ2n) is 9.67. The Bertz CT molecular complexity index is 1160. The van der Waals surface area contributed by atoms with E-state index in [9.17, 15) is 18.0 Å². The first-order valence-corrected chi connectivity index (χ1v) is 13.7. The molecule has 9 heteroatoms. The number of carbonyl (C=O) groups is 2. The van der Waals surface area contributed by atoms with Crippen molar-refractivity contribution in [2.45, 2.75) is 51.3 Å². The number of rotatable bonds is 5. The summed E-state index contributed by atoms with van der Waals surface area (Å²) in [6.07, 6.45) is 3.66. The van der Waals surface area contributed by atoms with Gasteiger partial charge in [-0.05, 0) is 73.3 Å². The zero-order valence-corrected chi connectivity index (χ0v) is 20.9. The van der Waals surface area contributed by atoms with Crippen LogP contribution in [0.3, 0.4) is 0 Å². The summed E-state index contributed by atoms with van der Waals surface area (Å²) < 4.78 is 27.7. The average molecular weight is 490 g/mol. The monoisotopic (exact) mass is 489 g/mol. The van der Waals surface area contributed by atoms with Crippen molar-refractivity contribution in [3.8, 4) is 0 Å². The van der Waals surface area contributed by atoms with E-state index in [0.29, 0.717) is 47.0 Å². The van der Waals surface area contributed by atoms with Crippen molar-refractivity contribution in [2.75, 3.05) is 18.4 Å². The molecule has 1 aromatic heterocycles. The van der Waals surface area contributed by atoms with Crippen LogP contribution in [0.4, 0.5) is 5.00 Å². The van der Waals surface area contributed by atoms with E-state index >= 15 is 0 Å². The Morgan fingerprint density at radius 3 is 2.30 bits per heavy atom. The Morgan fingerprint density at radius 1 is 1.06 bits per heavy atom. The summed E-state index contributed by atoms with van der Waals surface area (Å²) in [5, 5.41) is 3.30. The van der Waals surface area contributed by atoms with Crippen LogP contribution >= 0.6 is 11.3 Å². The highest BCUT2D eigenvalue weighted by molar-refractivity contribution is 7.89. The molecule has 2 amide bonds. The maximum absolute atomic E-state index is 13.1. The standard InChI is InChI=1S/C24H31N3O4S2/c1-14-4-9-19-20(11-14)32-24(21(19)22(25)28)26-23(29)17-5-7-18(8-6-17)33(30,31)27-12-15(2)10-16(3)13-27/h5-8,14-16H,4,9-13H2,1-3H3,(H2,25,28)(H,26,29)/t14-,15-,16-/m1/s1. The zero-order chi connectivity index (χ0) is 23.9. The first-order valence-electron chi connectivity index (χ1n) is 11.4. The van der Waals surface area contributed by atoms with Gasteiger partial charge in [-0.1, -0.05) is 20.8 Å². The van der Waals surface area contributed by atoms with Crippen LogP contribution in [0.5, 0.6) is 0 Å². The molecule has 1 aliphatic carbocycles. The minimum absolute atomic E-state index is 0.179. The Hall–Kier alpha value is -2.23. The van der Waals surface area contributed by atoms with Crippen molar-refractivity contribution < 1.29 is 18.0 Å². The van der Waals surface area contributed by atoms with Crippen molar-refractivity contribution >= 4 is 38.2 Å². The molecule has 2 aliphatic rings. The summed E-state index contributed by atoms with van der Waals surface area (Å²) in [5.41, 5.74) is 7.32. The Labute approximate surface area is 199 Å². The first-order chi connectivity index (χ1) is 15.6. The SMILES string of the molecule is C[C@@H]1CCc2c(sc(NC(=O)c3ccc(S(=O)(=O)N4C[C@H](C)C[C@@H](C)C4)cc3)c2C(N)=O)C1. The van der Waals surface area contributed by atoms with E-state index in [-0.39, 0.29) is 4.90 Å². The number of thiophene rings is 1. The fourth-order valence-corrected chi connectivity index (χ4v) is 8.09. The molecule has 3 N–H and O–H groups in total. The van der Waals surface area contributed by atoms with Crippen molar-refractivity contribution in [1.29, 1.82) is 0 Å². The first kappa shape index (κ1) is 23.9. The molecule has 178 valence electrons. The number of anilines is 1. The number of fused-ring (bicyclic) bond motifs is 1. The topological polar surface area (TPSA) is 110 Å². The van der Waals surface area contributed by atoms with E-state index in [1.165, 1.54) is 39.9 Å². The summed E-state index contributed by atoms with van der Waals surface area (Å²) in [6, 6.07) is 5.98. The van der Waals surface area contributed by atoms with Gasteiger partial charge in [0.25, 0.3) is 11.8 Å². The number of hydrogen-bond donors (Lipinski definition) is 2. The molecule has 1 fully saturated rings. The van der Waals surface area contributed by atoms with Gasteiger partial charge in [0.2, 0.25) is 10.0 Å². The highest BCUT2D eigenvalue weighted by Gasteiger charge is 2.32.